The van der Waals surface area contributed by atoms with Crippen LogP contribution in [0.25, 0.3) is 22.3 Å². The number of carbonyl (C=O) groups excluding carboxylic acids is 1. The third kappa shape index (κ3) is 3.91. The Bertz CT molecular complexity index is 1320. The third-order valence-corrected chi connectivity index (χ3v) is 4.63. The summed E-state index contributed by atoms with van der Waals surface area (Å²) in [7, 11) is 0. The van der Waals surface area contributed by atoms with Gasteiger partial charge in [0.25, 0.3) is 0 Å². The summed E-state index contributed by atoms with van der Waals surface area (Å²) in [5.74, 6) is -0.150. The van der Waals surface area contributed by atoms with Crippen molar-refractivity contribution in [2.45, 2.75) is 6.92 Å². The van der Waals surface area contributed by atoms with E-state index >= 15 is 0 Å². The van der Waals surface area contributed by atoms with Crippen LogP contribution >= 0.6 is 0 Å². The summed E-state index contributed by atoms with van der Waals surface area (Å²) in [5.41, 5.74) is 0.0686. The molecule has 0 fully saturated rings. The molecule has 4 aromatic rings. The predicted octanol–water partition coefficient (Wildman–Crippen LogP) is 5.39. The van der Waals surface area contributed by atoms with E-state index in [-0.39, 0.29) is 34.6 Å². The molecule has 4 rings (SSSR count). The van der Waals surface area contributed by atoms with Crippen molar-refractivity contribution in [1.82, 2.24) is 0 Å². The summed E-state index contributed by atoms with van der Waals surface area (Å²) in [4.78, 5) is 23.1. The van der Waals surface area contributed by atoms with Crippen molar-refractivity contribution in [3.8, 4) is 34.3 Å². The largest absolute Gasteiger partial charge is 0.508 e. The number of nitro groups is 1. The molecule has 9 nitrogen and oxygen atoms in total. The molecule has 0 amide bonds. The molecule has 0 atom stereocenters. The minimum absolute atomic E-state index is 0.0497. The SMILES string of the molecule is CCOC(=O)c1c(-c2ccc(Oc3cccc(O)c3)cc2)oc2cc([N+](=O)[O-])c(O)cc12. The number of esters is 1. The van der Waals surface area contributed by atoms with Crippen molar-refractivity contribution in [3.05, 3.63) is 76.3 Å². The van der Waals surface area contributed by atoms with Crippen LogP contribution < -0.4 is 4.74 Å². The Morgan fingerprint density at radius 3 is 2.47 bits per heavy atom. The highest BCUT2D eigenvalue weighted by Crippen LogP contribution is 2.40. The molecule has 0 spiro atoms. The Labute approximate surface area is 181 Å². The van der Waals surface area contributed by atoms with Crippen LogP contribution in [-0.4, -0.2) is 27.7 Å². The van der Waals surface area contributed by atoms with Crippen molar-refractivity contribution in [2.75, 3.05) is 6.61 Å². The fourth-order valence-electron chi connectivity index (χ4n) is 3.23. The lowest BCUT2D eigenvalue weighted by molar-refractivity contribution is -0.385. The third-order valence-electron chi connectivity index (χ3n) is 4.63. The van der Waals surface area contributed by atoms with Gasteiger partial charge in [-0.2, -0.15) is 0 Å². The number of carbonyl (C=O) groups is 1. The van der Waals surface area contributed by atoms with Gasteiger partial charge < -0.3 is 24.1 Å². The normalized spacial score (nSPS) is 10.8. The number of ether oxygens (including phenoxy) is 2. The minimum Gasteiger partial charge on any atom is -0.508 e. The van der Waals surface area contributed by atoms with Crippen LogP contribution in [0, 0.1) is 10.1 Å². The molecule has 0 unspecified atom stereocenters. The van der Waals surface area contributed by atoms with Gasteiger partial charge in [0.2, 0.25) is 0 Å². The molecule has 162 valence electrons. The van der Waals surface area contributed by atoms with E-state index in [0.29, 0.717) is 17.1 Å². The summed E-state index contributed by atoms with van der Waals surface area (Å²) < 4.78 is 16.6. The monoisotopic (exact) mass is 435 g/mol. The number of hydrogen-bond acceptors (Lipinski definition) is 8. The number of nitrogens with zero attached hydrogens (tertiary/aromatic N) is 1. The van der Waals surface area contributed by atoms with E-state index in [1.54, 1.807) is 43.3 Å². The highest BCUT2D eigenvalue weighted by Gasteiger charge is 2.27. The second-order valence-corrected chi connectivity index (χ2v) is 6.74. The van der Waals surface area contributed by atoms with Gasteiger partial charge in [0.1, 0.15) is 34.2 Å². The van der Waals surface area contributed by atoms with Crippen molar-refractivity contribution < 1.29 is 33.8 Å². The zero-order chi connectivity index (χ0) is 22.8. The number of phenolic OH excluding ortho intramolecular Hbond substituents is 2. The smallest absolute Gasteiger partial charge is 0.342 e. The van der Waals surface area contributed by atoms with Gasteiger partial charge in [0, 0.05) is 17.0 Å². The summed E-state index contributed by atoms with van der Waals surface area (Å²) in [6, 6.07) is 15.1. The second-order valence-electron chi connectivity index (χ2n) is 6.74. The van der Waals surface area contributed by atoms with E-state index in [1.807, 2.05) is 0 Å². The van der Waals surface area contributed by atoms with E-state index < -0.39 is 22.3 Å². The Morgan fingerprint density at radius 2 is 1.81 bits per heavy atom. The molecule has 0 aliphatic rings. The highest BCUT2D eigenvalue weighted by molar-refractivity contribution is 6.09. The van der Waals surface area contributed by atoms with Gasteiger partial charge in [0.05, 0.1) is 17.6 Å². The van der Waals surface area contributed by atoms with Crippen LogP contribution in [-0.2, 0) is 4.74 Å². The number of nitro benzene ring substituents is 1. The number of benzene rings is 3. The molecular weight excluding hydrogens is 418 g/mol. The molecule has 0 aliphatic carbocycles. The van der Waals surface area contributed by atoms with E-state index in [1.165, 1.54) is 12.1 Å². The van der Waals surface area contributed by atoms with Crippen molar-refractivity contribution in [2.24, 2.45) is 0 Å². The molecule has 3 aromatic carbocycles. The number of aromatic hydroxyl groups is 2. The number of hydrogen-bond donors (Lipinski definition) is 2. The lowest BCUT2D eigenvalue weighted by Crippen LogP contribution is -2.05. The summed E-state index contributed by atoms with van der Waals surface area (Å²) >= 11 is 0. The molecule has 0 aliphatic heterocycles. The first-order chi connectivity index (χ1) is 15.4. The molecule has 9 heteroatoms. The Kier molecular flexibility index (Phi) is 5.38. The maximum absolute atomic E-state index is 12.6. The van der Waals surface area contributed by atoms with Crippen molar-refractivity contribution >= 4 is 22.6 Å². The predicted molar refractivity (Wildman–Crippen MR) is 114 cm³/mol. The lowest BCUT2D eigenvalue weighted by atomic mass is 10.0. The topological polar surface area (TPSA) is 132 Å². The van der Waals surface area contributed by atoms with Crippen LogP contribution in [0.3, 0.4) is 0 Å². The molecule has 0 bridgehead atoms. The molecule has 2 N–H and O–H groups in total. The quantitative estimate of drug-likeness (QED) is 0.234. The summed E-state index contributed by atoms with van der Waals surface area (Å²) in [6.45, 7) is 1.76. The van der Waals surface area contributed by atoms with Crippen LogP contribution in [0.5, 0.6) is 23.0 Å². The van der Waals surface area contributed by atoms with Crippen LogP contribution in [0.15, 0.2) is 65.1 Å². The summed E-state index contributed by atoms with van der Waals surface area (Å²) in [6.07, 6.45) is 0. The average Bonchev–Trinajstić information content (AvgIpc) is 3.12. The summed E-state index contributed by atoms with van der Waals surface area (Å²) in [5, 5.41) is 30.9. The second kappa shape index (κ2) is 8.31. The van der Waals surface area contributed by atoms with Crippen molar-refractivity contribution in [3.63, 3.8) is 0 Å². The van der Waals surface area contributed by atoms with Gasteiger partial charge in [-0.3, -0.25) is 10.1 Å². The highest BCUT2D eigenvalue weighted by atomic mass is 16.6. The first-order valence-corrected chi connectivity index (χ1v) is 9.55. The van der Waals surface area contributed by atoms with E-state index in [2.05, 4.69) is 0 Å². The molecule has 0 saturated heterocycles. The number of phenols is 2. The molecule has 1 aromatic heterocycles. The Hall–Kier alpha value is -4.53. The zero-order valence-electron chi connectivity index (χ0n) is 16.8. The fraction of sp³-hybridized carbons (Fsp3) is 0.0870. The molecule has 0 saturated carbocycles. The van der Waals surface area contributed by atoms with Gasteiger partial charge in [0.15, 0.2) is 5.75 Å². The Morgan fingerprint density at radius 1 is 1.06 bits per heavy atom. The first-order valence-electron chi connectivity index (χ1n) is 9.55. The number of rotatable bonds is 6. The maximum atomic E-state index is 12.6. The van der Waals surface area contributed by atoms with Crippen molar-refractivity contribution in [1.29, 1.82) is 0 Å². The number of furan rings is 1. The zero-order valence-corrected chi connectivity index (χ0v) is 16.8. The van der Waals surface area contributed by atoms with Crippen LogP contribution in [0.1, 0.15) is 17.3 Å². The number of fused-ring (bicyclic) bond motifs is 1. The first kappa shape index (κ1) is 20.7. The molecule has 1 heterocycles. The minimum atomic E-state index is -0.742. The van der Waals surface area contributed by atoms with Gasteiger partial charge in [-0.1, -0.05) is 6.07 Å². The van der Waals surface area contributed by atoms with Crippen LogP contribution in [0.2, 0.25) is 0 Å². The van der Waals surface area contributed by atoms with Crippen LogP contribution in [0.4, 0.5) is 5.69 Å². The van der Waals surface area contributed by atoms with Gasteiger partial charge >= 0.3 is 11.7 Å². The Balaban J connectivity index is 1.77. The van der Waals surface area contributed by atoms with Gasteiger partial charge in [-0.15, -0.1) is 0 Å². The molecular formula is C23H17NO8. The standard InChI is InChI=1S/C23H17NO8/c1-2-30-23(27)21-17-11-19(26)18(24(28)29)12-20(17)32-22(21)13-6-8-15(9-7-13)31-16-5-3-4-14(25)10-16/h3-12,25-26H,2H2,1H3. The molecule has 32 heavy (non-hydrogen) atoms. The lowest BCUT2D eigenvalue weighted by Gasteiger charge is -2.07. The van der Waals surface area contributed by atoms with E-state index in [9.17, 15) is 25.1 Å². The van der Waals surface area contributed by atoms with Gasteiger partial charge in [-0.05, 0) is 49.4 Å². The van der Waals surface area contributed by atoms with E-state index in [4.69, 9.17) is 13.9 Å². The van der Waals surface area contributed by atoms with E-state index in [0.717, 1.165) is 12.1 Å². The fourth-order valence-corrected chi connectivity index (χ4v) is 3.23. The molecule has 0 radical (unpaired) electrons. The maximum Gasteiger partial charge on any atom is 0.342 e. The van der Waals surface area contributed by atoms with Gasteiger partial charge in [-0.25, -0.2) is 4.79 Å². The average molecular weight is 435 g/mol.